The van der Waals surface area contributed by atoms with Crippen LogP contribution in [0.1, 0.15) is 24.1 Å². The third-order valence-corrected chi connectivity index (χ3v) is 3.98. The zero-order chi connectivity index (χ0) is 13.8. The molecule has 0 radical (unpaired) electrons. The van der Waals surface area contributed by atoms with Crippen molar-refractivity contribution in [1.29, 1.82) is 0 Å². The van der Waals surface area contributed by atoms with Crippen LogP contribution in [-0.4, -0.2) is 48.9 Å². The molecule has 1 heterocycles. The van der Waals surface area contributed by atoms with Crippen LogP contribution in [0, 0.1) is 0 Å². The molecular weight excluding hydrogens is 238 g/mol. The molecule has 1 amide bonds. The van der Waals surface area contributed by atoms with E-state index in [1.165, 1.54) is 11.1 Å². The molecule has 1 unspecified atom stereocenters. The zero-order valence-electron chi connectivity index (χ0n) is 11.8. The highest BCUT2D eigenvalue weighted by atomic mass is 16.2. The summed E-state index contributed by atoms with van der Waals surface area (Å²) in [5, 5.41) is 0. The molecule has 0 aliphatic carbocycles. The Kier molecular flexibility index (Phi) is 4.56. The van der Waals surface area contributed by atoms with E-state index in [0.29, 0.717) is 13.1 Å². The van der Waals surface area contributed by atoms with Gasteiger partial charge in [-0.3, -0.25) is 9.69 Å². The molecule has 1 aliphatic rings. The van der Waals surface area contributed by atoms with Crippen molar-refractivity contribution in [2.75, 3.05) is 33.2 Å². The fourth-order valence-corrected chi connectivity index (χ4v) is 2.64. The van der Waals surface area contributed by atoms with Crippen LogP contribution in [0.15, 0.2) is 24.3 Å². The Morgan fingerprint density at radius 2 is 2.21 bits per heavy atom. The van der Waals surface area contributed by atoms with E-state index in [9.17, 15) is 4.79 Å². The Morgan fingerprint density at radius 1 is 1.47 bits per heavy atom. The average Bonchev–Trinajstić information content (AvgIpc) is 2.46. The fraction of sp³-hybridized carbons (Fsp3) is 0.533. The molecule has 0 bridgehead atoms. The van der Waals surface area contributed by atoms with Crippen molar-refractivity contribution in [3.05, 3.63) is 35.4 Å². The Hall–Kier alpha value is -1.39. The molecule has 4 heteroatoms. The lowest BCUT2D eigenvalue weighted by molar-refractivity contribution is -0.131. The van der Waals surface area contributed by atoms with Gasteiger partial charge in [-0.1, -0.05) is 24.3 Å². The van der Waals surface area contributed by atoms with Gasteiger partial charge in [0.15, 0.2) is 0 Å². The maximum atomic E-state index is 12.1. The molecule has 1 aliphatic heterocycles. The van der Waals surface area contributed by atoms with Gasteiger partial charge < -0.3 is 10.6 Å². The first-order valence-corrected chi connectivity index (χ1v) is 6.93. The lowest BCUT2D eigenvalue weighted by Crippen LogP contribution is -2.45. The van der Waals surface area contributed by atoms with Crippen LogP contribution in [0.4, 0.5) is 0 Å². The van der Waals surface area contributed by atoms with E-state index in [-0.39, 0.29) is 11.9 Å². The second-order valence-electron chi connectivity index (χ2n) is 5.08. The first-order valence-electron chi connectivity index (χ1n) is 6.93. The van der Waals surface area contributed by atoms with Gasteiger partial charge in [0, 0.05) is 32.7 Å². The van der Waals surface area contributed by atoms with Gasteiger partial charge in [-0.25, -0.2) is 0 Å². The molecule has 1 aromatic carbocycles. The average molecular weight is 261 g/mol. The molecule has 0 saturated heterocycles. The monoisotopic (exact) mass is 261 g/mol. The molecule has 0 saturated carbocycles. The van der Waals surface area contributed by atoms with E-state index in [0.717, 1.165) is 19.5 Å². The highest BCUT2D eigenvalue weighted by Gasteiger charge is 2.27. The van der Waals surface area contributed by atoms with Gasteiger partial charge in [-0.2, -0.15) is 0 Å². The summed E-state index contributed by atoms with van der Waals surface area (Å²) in [5.74, 6) is 0.167. The second-order valence-corrected chi connectivity index (χ2v) is 5.08. The zero-order valence-corrected chi connectivity index (χ0v) is 11.8. The van der Waals surface area contributed by atoms with Gasteiger partial charge in [0.2, 0.25) is 5.91 Å². The number of hydrogen-bond donors (Lipinski definition) is 1. The molecule has 0 spiro atoms. The Labute approximate surface area is 115 Å². The summed E-state index contributed by atoms with van der Waals surface area (Å²) in [7, 11) is 1.84. The van der Waals surface area contributed by atoms with Gasteiger partial charge in [-0.15, -0.1) is 0 Å². The van der Waals surface area contributed by atoms with Crippen LogP contribution in [0.5, 0.6) is 0 Å². The maximum Gasteiger partial charge on any atom is 0.236 e. The van der Waals surface area contributed by atoms with E-state index in [2.05, 4.69) is 23.1 Å². The number of carbonyl (C=O) groups is 1. The van der Waals surface area contributed by atoms with Crippen molar-refractivity contribution < 1.29 is 4.79 Å². The lowest BCUT2D eigenvalue weighted by Gasteiger charge is -2.36. The number of benzene rings is 1. The third-order valence-electron chi connectivity index (χ3n) is 3.98. The molecule has 0 fully saturated rings. The number of amides is 1. The normalized spacial score (nSPS) is 19.0. The number of nitrogens with zero attached hydrogens (tertiary/aromatic N) is 2. The number of rotatable bonds is 4. The number of hydrogen-bond acceptors (Lipinski definition) is 3. The first-order chi connectivity index (χ1) is 9.17. The van der Waals surface area contributed by atoms with E-state index in [1.54, 1.807) is 4.90 Å². The van der Waals surface area contributed by atoms with Gasteiger partial charge in [0.25, 0.3) is 0 Å². The minimum absolute atomic E-state index is 0.166. The Morgan fingerprint density at radius 3 is 2.89 bits per heavy atom. The number of nitrogens with two attached hydrogens (primary N) is 1. The van der Waals surface area contributed by atoms with Gasteiger partial charge in [0.05, 0.1) is 6.54 Å². The van der Waals surface area contributed by atoms with Crippen molar-refractivity contribution in [3.8, 4) is 0 Å². The first kappa shape index (κ1) is 14.0. The van der Waals surface area contributed by atoms with E-state index in [4.69, 9.17) is 5.73 Å². The van der Waals surface area contributed by atoms with Crippen molar-refractivity contribution in [2.24, 2.45) is 5.73 Å². The van der Waals surface area contributed by atoms with Gasteiger partial charge >= 0.3 is 0 Å². The van der Waals surface area contributed by atoms with E-state index < -0.39 is 0 Å². The van der Waals surface area contributed by atoms with Crippen LogP contribution in [-0.2, 0) is 11.2 Å². The Balaban J connectivity index is 2.14. The molecular formula is C15H23N3O. The maximum absolute atomic E-state index is 12.1. The quantitative estimate of drug-likeness (QED) is 0.880. The topological polar surface area (TPSA) is 49.6 Å². The minimum atomic E-state index is 0.166. The summed E-state index contributed by atoms with van der Waals surface area (Å²) in [6.45, 7) is 4.66. The molecule has 2 N–H and O–H groups in total. The number of likely N-dealkylation sites (N-methyl/N-ethyl adjacent to an activating group) is 1. The molecule has 4 nitrogen and oxygen atoms in total. The standard InChI is InChI=1S/C15H23N3O/c1-3-17(2)15(19)11-18-9-8-12-6-4-5-7-13(12)14(18)10-16/h4-7,14H,3,8-11,16H2,1-2H3. The molecule has 1 atom stereocenters. The van der Waals surface area contributed by atoms with Gasteiger partial charge in [0.1, 0.15) is 0 Å². The third kappa shape index (κ3) is 2.96. The van der Waals surface area contributed by atoms with Crippen molar-refractivity contribution >= 4 is 5.91 Å². The summed E-state index contributed by atoms with van der Waals surface area (Å²) in [5.41, 5.74) is 8.57. The fourth-order valence-electron chi connectivity index (χ4n) is 2.64. The van der Waals surface area contributed by atoms with Gasteiger partial charge in [-0.05, 0) is 24.5 Å². The van der Waals surface area contributed by atoms with Crippen LogP contribution >= 0.6 is 0 Å². The van der Waals surface area contributed by atoms with Crippen LogP contribution < -0.4 is 5.73 Å². The molecule has 2 rings (SSSR count). The summed E-state index contributed by atoms with van der Waals surface area (Å²) in [6.07, 6.45) is 0.996. The lowest BCUT2D eigenvalue weighted by atomic mass is 9.92. The smallest absolute Gasteiger partial charge is 0.236 e. The summed E-state index contributed by atoms with van der Waals surface area (Å²) in [6, 6.07) is 8.57. The van der Waals surface area contributed by atoms with Crippen molar-refractivity contribution in [1.82, 2.24) is 9.80 Å². The second kappa shape index (κ2) is 6.17. The largest absolute Gasteiger partial charge is 0.345 e. The van der Waals surface area contributed by atoms with E-state index >= 15 is 0 Å². The molecule has 0 aromatic heterocycles. The van der Waals surface area contributed by atoms with Crippen LogP contribution in [0.3, 0.4) is 0 Å². The number of fused-ring (bicyclic) bond motifs is 1. The predicted molar refractivity (Wildman–Crippen MR) is 76.8 cm³/mol. The van der Waals surface area contributed by atoms with Crippen molar-refractivity contribution in [2.45, 2.75) is 19.4 Å². The predicted octanol–water partition coefficient (Wildman–Crippen LogP) is 1.02. The summed E-state index contributed by atoms with van der Waals surface area (Å²) in [4.78, 5) is 16.0. The van der Waals surface area contributed by atoms with Crippen LogP contribution in [0.25, 0.3) is 0 Å². The molecule has 104 valence electrons. The summed E-state index contributed by atoms with van der Waals surface area (Å²) >= 11 is 0. The molecule has 19 heavy (non-hydrogen) atoms. The summed E-state index contributed by atoms with van der Waals surface area (Å²) < 4.78 is 0. The van der Waals surface area contributed by atoms with Crippen LogP contribution in [0.2, 0.25) is 0 Å². The molecule has 1 aromatic rings. The highest BCUT2D eigenvalue weighted by molar-refractivity contribution is 5.78. The van der Waals surface area contributed by atoms with E-state index in [1.807, 2.05) is 20.0 Å². The Bertz CT molecular complexity index is 447. The van der Waals surface area contributed by atoms with Crippen molar-refractivity contribution in [3.63, 3.8) is 0 Å². The minimum Gasteiger partial charge on any atom is -0.345 e. The highest BCUT2D eigenvalue weighted by Crippen LogP contribution is 2.28. The SMILES string of the molecule is CCN(C)C(=O)CN1CCc2ccccc2C1CN. The number of carbonyl (C=O) groups excluding carboxylic acids is 1.